The lowest BCUT2D eigenvalue weighted by atomic mass is 10.2. The van der Waals surface area contributed by atoms with E-state index in [4.69, 9.17) is 4.74 Å². The van der Waals surface area contributed by atoms with Crippen molar-refractivity contribution in [1.82, 2.24) is 0 Å². The van der Waals surface area contributed by atoms with Crippen molar-refractivity contribution in [2.75, 3.05) is 23.0 Å². The van der Waals surface area contributed by atoms with E-state index in [1.54, 1.807) is 35.4 Å². The SMILES string of the molecule is CSC(=O)Nc1cccc(OC(=O)N(CC(C)C)c2ccccc2)c1. The third-order valence-corrected chi connectivity index (χ3v) is 3.78. The molecular formula is C19H22N2O3S. The largest absolute Gasteiger partial charge is 0.419 e. The third kappa shape index (κ3) is 5.83. The van der Waals surface area contributed by atoms with Crippen molar-refractivity contribution in [1.29, 1.82) is 0 Å². The van der Waals surface area contributed by atoms with Gasteiger partial charge in [0, 0.05) is 24.0 Å². The lowest BCUT2D eigenvalue weighted by Gasteiger charge is -2.24. The zero-order valence-corrected chi connectivity index (χ0v) is 15.4. The molecule has 0 aliphatic heterocycles. The van der Waals surface area contributed by atoms with Gasteiger partial charge in [0.05, 0.1) is 0 Å². The van der Waals surface area contributed by atoms with Crippen LogP contribution in [0.5, 0.6) is 5.75 Å². The molecule has 5 nitrogen and oxygen atoms in total. The van der Waals surface area contributed by atoms with Gasteiger partial charge in [0.15, 0.2) is 0 Å². The second kappa shape index (κ2) is 9.13. The summed E-state index contributed by atoms with van der Waals surface area (Å²) in [4.78, 5) is 25.7. The van der Waals surface area contributed by atoms with Crippen molar-refractivity contribution in [3.8, 4) is 5.75 Å². The Balaban J connectivity index is 2.15. The van der Waals surface area contributed by atoms with Crippen LogP contribution in [0.15, 0.2) is 54.6 Å². The molecule has 0 spiro atoms. The molecule has 0 saturated heterocycles. The van der Waals surface area contributed by atoms with E-state index in [1.165, 1.54) is 0 Å². The fraction of sp³-hybridized carbons (Fsp3) is 0.263. The lowest BCUT2D eigenvalue weighted by molar-refractivity contribution is 0.206. The Labute approximate surface area is 152 Å². The summed E-state index contributed by atoms with van der Waals surface area (Å²) in [5.41, 5.74) is 1.37. The van der Waals surface area contributed by atoms with Gasteiger partial charge in [-0.2, -0.15) is 0 Å². The fourth-order valence-corrected chi connectivity index (χ4v) is 2.44. The second-order valence-corrected chi connectivity index (χ2v) is 6.63. The third-order valence-electron chi connectivity index (χ3n) is 3.31. The van der Waals surface area contributed by atoms with Crippen LogP contribution >= 0.6 is 11.8 Å². The maximum absolute atomic E-state index is 12.7. The summed E-state index contributed by atoms with van der Waals surface area (Å²) in [7, 11) is 0. The molecule has 0 fully saturated rings. The first-order chi connectivity index (χ1) is 12.0. The molecule has 2 rings (SSSR count). The first kappa shape index (κ1) is 18.9. The highest BCUT2D eigenvalue weighted by Gasteiger charge is 2.19. The number of carbonyl (C=O) groups is 2. The van der Waals surface area contributed by atoms with Crippen molar-refractivity contribution < 1.29 is 14.3 Å². The highest BCUT2D eigenvalue weighted by Crippen LogP contribution is 2.22. The molecule has 0 aliphatic carbocycles. The molecule has 0 unspecified atom stereocenters. The summed E-state index contributed by atoms with van der Waals surface area (Å²) in [6, 6.07) is 16.2. The maximum atomic E-state index is 12.7. The minimum Gasteiger partial charge on any atom is -0.410 e. The maximum Gasteiger partial charge on any atom is 0.419 e. The normalized spacial score (nSPS) is 10.4. The van der Waals surface area contributed by atoms with Crippen LogP contribution in [0.4, 0.5) is 21.0 Å². The molecule has 6 heteroatoms. The number of thioether (sulfide) groups is 1. The van der Waals surface area contributed by atoms with E-state index in [2.05, 4.69) is 5.32 Å². The summed E-state index contributed by atoms with van der Waals surface area (Å²) < 4.78 is 5.52. The minimum atomic E-state index is -0.451. The van der Waals surface area contributed by atoms with E-state index >= 15 is 0 Å². The number of ether oxygens (including phenoxy) is 1. The molecule has 1 N–H and O–H groups in total. The van der Waals surface area contributed by atoms with Crippen LogP contribution < -0.4 is 15.0 Å². The van der Waals surface area contributed by atoms with E-state index in [0.717, 1.165) is 17.4 Å². The molecule has 0 heterocycles. The molecular weight excluding hydrogens is 336 g/mol. The summed E-state index contributed by atoms with van der Waals surface area (Å²) in [5, 5.41) is 2.55. The van der Waals surface area contributed by atoms with Gasteiger partial charge < -0.3 is 10.1 Å². The predicted molar refractivity (Wildman–Crippen MR) is 104 cm³/mol. The van der Waals surface area contributed by atoms with Crippen molar-refractivity contribution in [3.63, 3.8) is 0 Å². The molecule has 2 amide bonds. The second-order valence-electron chi connectivity index (χ2n) is 5.85. The van der Waals surface area contributed by atoms with E-state index < -0.39 is 6.09 Å². The van der Waals surface area contributed by atoms with Gasteiger partial charge in [-0.05, 0) is 36.4 Å². The highest BCUT2D eigenvalue weighted by atomic mass is 32.2. The Morgan fingerprint density at radius 1 is 1.12 bits per heavy atom. The summed E-state index contributed by atoms with van der Waals surface area (Å²) in [6.07, 6.45) is 1.25. The van der Waals surface area contributed by atoms with E-state index in [9.17, 15) is 9.59 Å². The number of nitrogens with zero attached hydrogens (tertiary/aromatic N) is 1. The first-order valence-corrected chi connectivity index (χ1v) is 9.21. The average molecular weight is 358 g/mol. The first-order valence-electron chi connectivity index (χ1n) is 7.99. The van der Waals surface area contributed by atoms with Gasteiger partial charge in [0.25, 0.3) is 5.24 Å². The Bertz CT molecular complexity index is 720. The Morgan fingerprint density at radius 2 is 1.84 bits per heavy atom. The molecule has 0 aliphatic rings. The summed E-state index contributed by atoms with van der Waals surface area (Å²) in [5.74, 6) is 0.675. The van der Waals surface area contributed by atoms with Crippen molar-refractivity contribution in [2.24, 2.45) is 5.92 Å². The molecule has 132 valence electrons. The van der Waals surface area contributed by atoms with Gasteiger partial charge in [-0.15, -0.1) is 0 Å². The zero-order valence-electron chi connectivity index (χ0n) is 14.6. The smallest absolute Gasteiger partial charge is 0.410 e. The van der Waals surface area contributed by atoms with Gasteiger partial charge in [0.2, 0.25) is 0 Å². The number of amides is 2. The topological polar surface area (TPSA) is 58.6 Å². The molecule has 2 aromatic carbocycles. The van der Waals surface area contributed by atoms with Crippen LogP contribution in [-0.4, -0.2) is 24.1 Å². The van der Waals surface area contributed by atoms with E-state index in [0.29, 0.717) is 23.9 Å². The molecule has 2 aromatic rings. The van der Waals surface area contributed by atoms with Gasteiger partial charge in [-0.1, -0.05) is 49.9 Å². The number of benzene rings is 2. The van der Waals surface area contributed by atoms with Crippen LogP contribution in [0.3, 0.4) is 0 Å². The number of rotatable bonds is 5. The van der Waals surface area contributed by atoms with Crippen LogP contribution in [0.2, 0.25) is 0 Å². The quantitative estimate of drug-likeness (QED) is 0.794. The molecule has 0 radical (unpaired) electrons. The van der Waals surface area contributed by atoms with E-state index in [-0.39, 0.29) is 5.24 Å². The molecule has 0 bridgehead atoms. The Kier molecular flexibility index (Phi) is 6.89. The van der Waals surface area contributed by atoms with Gasteiger partial charge >= 0.3 is 6.09 Å². The van der Waals surface area contributed by atoms with Crippen molar-refractivity contribution in [2.45, 2.75) is 13.8 Å². The van der Waals surface area contributed by atoms with Gasteiger partial charge in [-0.25, -0.2) is 4.79 Å². The number of nitrogens with one attached hydrogen (secondary N) is 1. The number of carbonyl (C=O) groups excluding carboxylic acids is 2. The monoisotopic (exact) mass is 358 g/mol. The molecule has 0 saturated carbocycles. The predicted octanol–water partition coefficient (Wildman–Crippen LogP) is 5.24. The minimum absolute atomic E-state index is 0.172. The Morgan fingerprint density at radius 3 is 2.48 bits per heavy atom. The zero-order chi connectivity index (χ0) is 18.2. The van der Waals surface area contributed by atoms with Crippen LogP contribution in [0.25, 0.3) is 0 Å². The van der Waals surface area contributed by atoms with Crippen LogP contribution in [0.1, 0.15) is 13.8 Å². The standard InChI is InChI=1S/C19H22N2O3S/c1-14(2)13-21(16-9-5-4-6-10-16)19(23)24-17-11-7-8-15(12-17)20-18(22)25-3/h4-12,14H,13H2,1-3H3,(H,20,22). The highest BCUT2D eigenvalue weighted by molar-refractivity contribution is 8.13. The van der Waals surface area contributed by atoms with Crippen LogP contribution in [-0.2, 0) is 0 Å². The average Bonchev–Trinajstić information content (AvgIpc) is 2.60. The Hall–Kier alpha value is -2.47. The molecule has 0 atom stereocenters. The number of hydrogen-bond donors (Lipinski definition) is 1. The summed E-state index contributed by atoms with van der Waals surface area (Å²) >= 11 is 1.08. The van der Waals surface area contributed by atoms with E-state index in [1.807, 2.05) is 44.2 Å². The van der Waals surface area contributed by atoms with Gasteiger partial charge in [-0.3, -0.25) is 9.69 Å². The van der Waals surface area contributed by atoms with Gasteiger partial charge in [0.1, 0.15) is 5.75 Å². The van der Waals surface area contributed by atoms with Crippen molar-refractivity contribution >= 4 is 34.5 Å². The fourth-order valence-electron chi connectivity index (χ4n) is 2.22. The number of para-hydroxylation sites is 1. The summed E-state index contributed by atoms with van der Waals surface area (Å²) in [6.45, 7) is 4.63. The number of hydrogen-bond acceptors (Lipinski definition) is 4. The van der Waals surface area contributed by atoms with Crippen LogP contribution in [0, 0.1) is 5.92 Å². The molecule has 25 heavy (non-hydrogen) atoms. The number of anilines is 2. The molecule has 0 aromatic heterocycles. The van der Waals surface area contributed by atoms with Crippen molar-refractivity contribution in [3.05, 3.63) is 54.6 Å². The lowest BCUT2D eigenvalue weighted by Crippen LogP contribution is -2.36.